The molecular formula is C10H14ClNO2. The zero-order chi connectivity index (χ0) is 9.26. The summed E-state index contributed by atoms with van der Waals surface area (Å²) < 4.78 is 5.03. The molecule has 0 saturated heterocycles. The number of fused-ring (bicyclic) bond motifs is 1. The van der Waals surface area contributed by atoms with Crippen molar-refractivity contribution in [3.63, 3.8) is 0 Å². The molecule has 0 aliphatic carbocycles. The summed E-state index contributed by atoms with van der Waals surface area (Å²) >= 11 is 0. The van der Waals surface area contributed by atoms with Gasteiger partial charge in [-0.15, -0.1) is 12.4 Å². The molecule has 0 saturated carbocycles. The van der Waals surface area contributed by atoms with Gasteiger partial charge in [0.05, 0.1) is 7.11 Å². The van der Waals surface area contributed by atoms with E-state index >= 15 is 0 Å². The van der Waals surface area contributed by atoms with Crippen molar-refractivity contribution >= 4 is 12.4 Å². The predicted octanol–water partition coefficient (Wildman–Crippen LogP) is 1.47. The maximum atomic E-state index is 9.52. The quantitative estimate of drug-likeness (QED) is 0.746. The number of hydrogen-bond donors (Lipinski definition) is 2. The Bertz CT molecular complexity index is 328. The van der Waals surface area contributed by atoms with E-state index < -0.39 is 0 Å². The molecule has 1 aromatic rings. The molecule has 3 nitrogen and oxygen atoms in total. The molecule has 0 spiro atoms. The van der Waals surface area contributed by atoms with E-state index in [1.165, 1.54) is 11.1 Å². The number of hydrogen-bond acceptors (Lipinski definition) is 3. The van der Waals surface area contributed by atoms with Crippen molar-refractivity contribution in [1.82, 2.24) is 5.32 Å². The van der Waals surface area contributed by atoms with Crippen molar-refractivity contribution in [2.24, 2.45) is 0 Å². The summed E-state index contributed by atoms with van der Waals surface area (Å²) in [6.45, 7) is 1.85. The third kappa shape index (κ3) is 1.94. The molecule has 1 aliphatic rings. The van der Waals surface area contributed by atoms with Gasteiger partial charge in [0.1, 0.15) is 0 Å². The Morgan fingerprint density at radius 3 is 2.86 bits per heavy atom. The topological polar surface area (TPSA) is 41.5 Å². The number of nitrogens with one attached hydrogen (secondary N) is 1. The first-order chi connectivity index (χ1) is 6.31. The number of aromatic hydroxyl groups is 1. The van der Waals surface area contributed by atoms with Gasteiger partial charge in [0.15, 0.2) is 11.5 Å². The molecule has 0 radical (unpaired) electrons. The Labute approximate surface area is 89.5 Å². The molecule has 0 bridgehead atoms. The van der Waals surface area contributed by atoms with Crippen LogP contribution in [-0.2, 0) is 13.0 Å². The Balaban J connectivity index is 0.000000980. The van der Waals surface area contributed by atoms with Crippen LogP contribution in [0.2, 0.25) is 0 Å². The molecule has 14 heavy (non-hydrogen) atoms. The number of phenols is 1. The Morgan fingerprint density at radius 1 is 1.36 bits per heavy atom. The molecule has 4 heteroatoms. The van der Waals surface area contributed by atoms with Gasteiger partial charge in [0.25, 0.3) is 0 Å². The van der Waals surface area contributed by atoms with E-state index in [4.69, 9.17) is 4.74 Å². The van der Waals surface area contributed by atoms with Crippen molar-refractivity contribution in [3.05, 3.63) is 23.3 Å². The Morgan fingerprint density at radius 2 is 2.14 bits per heavy atom. The van der Waals surface area contributed by atoms with Crippen LogP contribution < -0.4 is 10.1 Å². The van der Waals surface area contributed by atoms with Gasteiger partial charge in [0.2, 0.25) is 0 Å². The van der Waals surface area contributed by atoms with Crippen LogP contribution >= 0.6 is 12.4 Å². The van der Waals surface area contributed by atoms with Crippen LogP contribution in [0, 0.1) is 0 Å². The standard InChI is InChI=1S/C10H13NO2.ClH/c1-13-10-5-8-6-11-3-2-7(8)4-9(10)12;/h4-5,11-12H,2-3,6H2,1H3;1H. The summed E-state index contributed by atoms with van der Waals surface area (Å²) in [7, 11) is 1.57. The van der Waals surface area contributed by atoms with E-state index in [9.17, 15) is 5.11 Å². The zero-order valence-electron chi connectivity index (χ0n) is 8.04. The van der Waals surface area contributed by atoms with Crippen LogP contribution in [0.1, 0.15) is 11.1 Å². The smallest absolute Gasteiger partial charge is 0.160 e. The molecule has 0 atom stereocenters. The minimum atomic E-state index is 0. The highest BCUT2D eigenvalue weighted by Crippen LogP contribution is 2.30. The molecule has 0 fully saturated rings. The summed E-state index contributed by atoms with van der Waals surface area (Å²) in [4.78, 5) is 0. The van der Waals surface area contributed by atoms with Gasteiger partial charge in [0, 0.05) is 6.54 Å². The van der Waals surface area contributed by atoms with Gasteiger partial charge in [-0.2, -0.15) is 0 Å². The number of benzene rings is 1. The second kappa shape index (κ2) is 4.53. The lowest BCUT2D eigenvalue weighted by Gasteiger charge is -2.18. The second-order valence-corrected chi connectivity index (χ2v) is 3.22. The van der Waals surface area contributed by atoms with Crippen LogP contribution in [0.15, 0.2) is 12.1 Å². The van der Waals surface area contributed by atoms with Crippen LogP contribution in [0.3, 0.4) is 0 Å². The fraction of sp³-hybridized carbons (Fsp3) is 0.400. The third-order valence-electron chi connectivity index (χ3n) is 2.39. The van der Waals surface area contributed by atoms with Gasteiger partial charge in [-0.25, -0.2) is 0 Å². The van der Waals surface area contributed by atoms with E-state index in [1.807, 2.05) is 6.07 Å². The number of phenolic OH excluding ortho intramolecular Hbond substituents is 1. The molecule has 0 amide bonds. The predicted molar refractivity (Wildman–Crippen MR) is 57.3 cm³/mol. The SMILES string of the molecule is COc1cc2c(cc1O)CCNC2.Cl. The first-order valence-corrected chi connectivity index (χ1v) is 4.40. The van der Waals surface area contributed by atoms with Gasteiger partial charge < -0.3 is 15.2 Å². The largest absolute Gasteiger partial charge is 0.504 e. The number of rotatable bonds is 1. The van der Waals surface area contributed by atoms with Crippen molar-refractivity contribution in [2.45, 2.75) is 13.0 Å². The Hall–Kier alpha value is -0.930. The maximum Gasteiger partial charge on any atom is 0.160 e. The fourth-order valence-corrected chi connectivity index (χ4v) is 1.66. The minimum absolute atomic E-state index is 0. The number of ether oxygens (including phenoxy) is 1. The second-order valence-electron chi connectivity index (χ2n) is 3.22. The van der Waals surface area contributed by atoms with Gasteiger partial charge in [-0.05, 0) is 36.2 Å². The summed E-state index contributed by atoms with van der Waals surface area (Å²) in [6, 6.07) is 3.70. The highest BCUT2D eigenvalue weighted by molar-refractivity contribution is 5.85. The molecule has 0 unspecified atom stereocenters. The average Bonchev–Trinajstić information content (AvgIpc) is 2.17. The first kappa shape index (κ1) is 11.1. The van der Waals surface area contributed by atoms with Crippen molar-refractivity contribution < 1.29 is 9.84 Å². The lowest BCUT2D eigenvalue weighted by molar-refractivity contribution is 0.371. The molecule has 0 aromatic heterocycles. The number of methoxy groups -OCH3 is 1. The third-order valence-corrected chi connectivity index (χ3v) is 2.39. The molecule has 2 rings (SSSR count). The van der Waals surface area contributed by atoms with Gasteiger partial charge in [-0.1, -0.05) is 0 Å². The monoisotopic (exact) mass is 215 g/mol. The van der Waals surface area contributed by atoms with E-state index in [0.29, 0.717) is 5.75 Å². The molecule has 78 valence electrons. The molecule has 2 N–H and O–H groups in total. The van der Waals surface area contributed by atoms with E-state index in [-0.39, 0.29) is 18.2 Å². The summed E-state index contributed by atoms with van der Waals surface area (Å²) in [6.07, 6.45) is 0.979. The van der Waals surface area contributed by atoms with Crippen molar-refractivity contribution in [3.8, 4) is 11.5 Å². The number of halogens is 1. The highest BCUT2D eigenvalue weighted by Gasteiger charge is 2.12. The summed E-state index contributed by atoms with van der Waals surface area (Å²) in [5.41, 5.74) is 2.44. The van der Waals surface area contributed by atoms with E-state index in [2.05, 4.69) is 5.32 Å². The van der Waals surface area contributed by atoms with Crippen LogP contribution in [0.4, 0.5) is 0 Å². The Kier molecular flexibility index (Phi) is 3.61. The first-order valence-electron chi connectivity index (χ1n) is 4.40. The summed E-state index contributed by atoms with van der Waals surface area (Å²) in [5, 5.41) is 12.8. The van der Waals surface area contributed by atoms with Crippen LogP contribution in [0.25, 0.3) is 0 Å². The fourth-order valence-electron chi connectivity index (χ4n) is 1.66. The maximum absolute atomic E-state index is 9.52. The van der Waals surface area contributed by atoms with Crippen molar-refractivity contribution in [1.29, 1.82) is 0 Å². The average molecular weight is 216 g/mol. The molecule has 1 aromatic carbocycles. The minimum Gasteiger partial charge on any atom is -0.504 e. The molecular weight excluding hydrogens is 202 g/mol. The van der Waals surface area contributed by atoms with Gasteiger partial charge >= 0.3 is 0 Å². The lowest BCUT2D eigenvalue weighted by atomic mass is 10.0. The lowest BCUT2D eigenvalue weighted by Crippen LogP contribution is -2.23. The summed E-state index contributed by atoms with van der Waals surface area (Å²) in [5.74, 6) is 0.797. The van der Waals surface area contributed by atoms with Crippen molar-refractivity contribution in [2.75, 3.05) is 13.7 Å². The molecule has 1 aliphatic heterocycles. The zero-order valence-corrected chi connectivity index (χ0v) is 8.86. The molecule has 1 heterocycles. The van der Waals surface area contributed by atoms with E-state index in [0.717, 1.165) is 19.5 Å². The van der Waals surface area contributed by atoms with Crippen LogP contribution in [0.5, 0.6) is 11.5 Å². The van der Waals surface area contributed by atoms with Gasteiger partial charge in [-0.3, -0.25) is 0 Å². The van der Waals surface area contributed by atoms with E-state index in [1.54, 1.807) is 13.2 Å². The highest BCUT2D eigenvalue weighted by atomic mass is 35.5. The van der Waals surface area contributed by atoms with Crippen LogP contribution in [-0.4, -0.2) is 18.8 Å². The normalized spacial score (nSPS) is 14.1.